The van der Waals surface area contributed by atoms with E-state index in [1.54, 1.807) is 13.0 Å². The van der Waals surface area contributed by atoms with Gasteiger partial charge in [-0.15, -0.1) is 0 Å². The van der Waals surface area contributed by atoms with Crippen molar-refractivity contribution in [2.45, 2.75) is 31.5 Å². The van der Waals surface area contributed by atoms with Crippen LogP contribution in [0.1, 0.15) is 24.5 Å². The largest absolute Gasteiger partial charge is 0.467 e. The molecule has 2 rings (SSSR count). The summed E-state index contributed by atoms with van der Waals surface area (Å²) in [5.41, 5.74) is -1.33. The monoisotopic (exact) mass is 273 g/mol. The Morgan fingerprint density at radius 3 is 2.68 bits per heavy atom. The van der Waals surface area contributed by atoms with Gasteiger partial charge in [0, 0.05) is 0 Å². The number of rotatable bonds is 1. The lowest BCUT2D eigenvalue weighted by molar-refractivity contribution is -0.146. The molecule has 0 fully saturated rings. The van der Waals surface area contributed by atoms with Crippen molar-refractivity contribution in [1.29, 1.82) is 0 Å². The summed E-state index contributed by atoms with van der Waals surface area (Å²) in [6.45, 7) is 1.55. The average Bonchev–Trinajstić information content (AvgIpc) is 2.35. The van der Waals surface area contributed by atoms with Gasteiger partial charge in [0.1, 0.15) is 5.54 Å². The van der Waals surface area contributed by atoms with Gasteiger partial charge in [0.05, 0.1) is 18.4 Å². The zero-order valence-electron chi connectivity index (χ0n) is 10.6. The molecule has 1 aliphatic rings. The minimum absolute atomic E-state index is 0.0193. The fourth-order valence-corrected chi connectivity index (χ4v) is 2.29. The van der Waals surface area contributed by atoms with E-state index in [0.717, 1.165) is 6.07 Å². The number of esters is 1. The Morgan fingerprint density at radius 1 is 1.42 bits per heavy atom. The van der Waals surface area contributed by atoms with Crippen LogP contribution in [0.3, 0.4) is 0 Å². The summed E-state index contributed by atoms with van der Waals surface area (Å²) >= 11 is 0. The van der Waals surface area contributed by atoms with E-state index in [9.17, 15) is 18.0 Å². The second-order valence-corrected chi connectivity index (χ2v) is 4.79. The normalized spacial score (nSPS) is 22.4. The van der Waals surface area contributed by atoms with Crippen molar-refractivity contribution in [3.8, 4) is 0 Å². The first-order valence-electron chi connectivity index (χ1n) is 5.83. The van der Waals surface area contributed by atoms with Crippen molar-refractivity contribution in [1.82, 2.24) is 0 Å². The first-order valence-corrected chi connectivity index (χ1v) is 5.83. The van der Waals surface area contributed by atoms with Crippen molar-refractivity contribution in [3.05, 3.63) is 29.3 Å². The van der Waals surface area contributed by atoms with Crippen molar-refractivity contribution >= 4 is 11.7 Å². The quantitative estimate of drug-likeness (QED) is 0.799. The maximum absolute atomic E-state index is 13.0. The third-order valence-electron chi connectivity index (χ3n) is 3.39. The highest BCUT2D eigenvalue weighted by Gasteiger charge is 2.42. The summed E-state index contributed by atoms with van der Waals surface area (Å²) in [4.78, 5) is 11.7. The van der Waals surface area contributed by atoms with Gasteiger partial charge < -0.3 is 10.1 Å². The number of anilines is 1. The van der Waals surface area contributed by atoms with E-state index in [0.29, 0.717) is 18.4 Å². The molecule has 1 unspecified atom stereocenters. The minimum Gasteiger partial charge on any atom is -0.467 e. The van der Waals surface area contributed by atoms with E-state index in [2.05, 4.69) is 10.1 Å². The first kappa shape index (κ1) is 13.7. The van der Waals surface area contributed by atoms with Crippen molar-refractivity contribution in [2.24, 2.45) is 0 Å². The van der Waals surface area contributed by atoms with Crippen molar-refractivity contribution < 1.29 is 22.7 Å². The van der Waals surface area contributed by atoms with Crippen LogP contribution in [0.25, 0.3) is 0 Å². The third kappa shape index (κ3) is 2.39. The molecular formula is C13H14F3NO2. The smallest absolute Gasteiger partial charge is 0.418 e. The molecule has 19 heavy (non-hydrogen) atoms. The van der Waals surface area contributed by atoms with Gasteiger partial charge in [-0.2, -0.15) is 13.2 Å². The van der Waals surface area contributed by atoms with Gasteiger partial charge in [-0.25, -0.2) is 4.79 Å². The number of carbonyl (C=O) groups is 1. The SMILES string of the molecule is COC(=O)C1(C)CCc2cccc(C(F)(F)F)c2N1. The molecule has 1 heterocycles. The third-order valence-corrected chi connectivity index (χ3v) is 3.39. The summed E-state index contributed by atoms with van der Waals surface area (Å²) in [7, 11) is 1.22. The molecule has 1 N–H and O–H groups in total. The van der Waals surface area contributed by atoms with Crippen LogP contribution >= 0.6 is 0 Å². The number of nitrogens with one attached hydrogen (secondary N) is 1. The number of halogens is 3. The lowest BCUT2D eigenvalue weighted by atomic mass is 9.86. The van der Waals surface area contributed by atoms with Crippen LogP contribution in [0.2, 0.25) is 0 Å². The van der Waals surface area contributed by atoms with Gasteiger partial charge >= 0.3 is 12.1 Å². The highest BCUT2D eigenvalue weighted by molar-refractivity contribution is 5.85. The lowest BCUT2D eigenvalue weighted by Gasteiger charge is -2.35. The number of aryl methyl sites for hydroxylation is 1. The van der Waals surface area contributed by atoms with E-state index in [1.807, 2.05) is 0 Å². The Labute approximate surface area is 108 Å². The maximum atomic E-state index is 13.0. The molecule has 0 aromatic heterocycles. The van der Waals surface area contributed by atoms with Crippen molar-refractivity contribution in [2.75, 3.05) is 12.4 Å². The fourth-order valence-electron chi connectivity index (χ4n) is 2.29. The molecule has 1 aliphatic heterocycles. The average molecular weight is 273 g/mol. The van der Waals surface area contributed by atoms with Crippen LogP contribution in [0.5, 0.6) is 0 Å². The Kier molecular flexibility index (Phi) is 3.20. The molecule has 0 spiro atoms. The minimum atomic E-state index is -4.45. The zero-order valence-corrected chi connectivity index (χ0v) is 10.6. The van der Waals surface area contributed by atoms with E-state index >= 15 is 0 Å². The molecule has 0 bridgehead atoms. The Bertz CT molecular complexity index is 513. The Morgan fingerprint density at radius 2 is 2.11 bits per heavy atom. The van der Waals surface area contributed by atoms with Gasteiger partial charge in [0.15, 0.2) is 0 Å². The van der Waals surface area contributed by atoms with Crippen LogP contribution in [-0.4, -0.2) is 18.6 Å². The predicted octanol–water partition coefficient (Wildman–Crippen LogP) is 3.00. The molecule has 6 heteroatoms. The number of alkyl halides is 3. The maximum Gasteiger partial charge on any atom is 0.418 e. The molecular weight excluding hydrogens is 259 g/mol. The number of carbonyl (C=O) groups excluding carboxylic acids is 1. The Balaban J connectivity index is 2.46. The molecule has 0 saturated carbocycles. The summed E-state index contributed by atoms with van der Waals surface area (Å²) < 4.78 is 43.5. The van der Waals surface area contributed by atoms with Crippen LogP contribution < -0.4 is 5.32 Å². The number of hydrogen-bond acceptors (Lipinski definition) is 3. The second kappa shape index (κ2) is 4.43. The molecule has 0 amide bonds. The molecule has 0 aliphatic carbocycles. The van der Waals surface area contributed by atoms with E-state index < -0.39 is 23.2 Å². The number of benzene rings is 1. The van der Waals surface area contributed by atoms with Gasteiger partial charge in [0.25, 0.3) is 0 Å². The van der Waals surface area contributed by atoms with Gasteiger partial charge in [-0.3, -0.25) is 0 Å². The molecule has 0 radical (unpaired) electrons. The van der Waals surface area contributed by atoms with Crippen LogP contribution in [0, 0.1) is 0 Å². The number of ether oxygens (including phenoxy) is 1. The van der Waals surface area contributed by atoms with E-state index in [4.69, 9.17) is 0 Å². The summed E-state index contributed by atoms with van der Waals surface area (Å²) in [6, 6.07) is 4.02. The van der Waals surface area contributed by atoms with Gasteiger partial charge in [-0.1, -0.05) is 12.1 Å². The van der Waals surface area contributed by atoms with Crippen LogP contribution in [0.4, 0.5) is 18.9 Å². The number of fused-ring (bicyclic) bond motifs is 1. The number of methoxy groups -OCH3 is 1. The molecule has 1 atom stereocenters. The Hall–Kier alpha value is -1.72. The number of hydrogen-bond donors (Lipinski definition) is 1. The van der Waals surface area contributed by atoms with Crippen LogP contribution in [0.15, 0.2) is 18.2 Å². The summed E-state index contributed by atoms with van der Waals surface area (Å²) in [5, 5.41) is 2.70. The first-order chi connectivity index (χ1) is 8.78. The second-order valence-electron chi connectivity index (χ2n) is 4.79. The molecule has 104 valence electrons. The standard InChI is InChI=1S/C13H14F3NO2/c1-12(11(18)19-2)7-6-8-4-3-5-9(10(8)17-12)13(14,15)16/h3-5,17H,6-7H2,1-2H3. The number of para-hydroxylation sites is 1. The van der Waals surface area contributed by atoms with Gasteiger partial charge in [-0.05, 0) is 31.4 Å². The molecule has 3 nitrogen and oxygen atoms in total. The molecule has 1 aromatic rings. The summed E-state index contributed by atoms with van der Waals surface area (Å²) in [5.74, 6) is -0.560. The zero-order chi connectivity index (χ0) is 14.3. The lowest BCUT2D eigenvalue weighted by Crippen LogP contribution is -2.47. The van der Waals surface area contributed by atoms with E-state index in [-0.39, 0.29) is 5.69 Å². The predicted molar refractivity (Wildman–Crippen MR) is 63.8 cm³/mol. The van der Waals surface area contributed by atoms with E-state index in [1.165, 1.54) is 13.2 Å². The summed E-state index contributed by atoms with van der Waals surface area (Å²) in [6.07, 6.45) is -3.65. The fraction of sp³-hybridized carbons (Fsp3) is 0.462. The topological polar surface area (TPSA) is 38.3 Å². The van der Waals surface area contributed by atoms with Crippen LogP contribution in [-0.2, 0) is 22.1 Å². The van der Waals surface area contributed by atoms with Gasteiger partial charge in [0.2, 0.25) is 0 Å². The highest BCUT2D eigenvalue weighted by atomic mass is 19.4. The van der Waals surface area contributed by atoms with Crippen molar-refractivity contribution in [3.63, 3.8) is 0 Å². The molecule has 1 aromatic carbocycles. The molecule has 0 saturated heterocycles. The highest BCUT2D eigenvalue weighted by Crippen LogP contribution is 2.41.